The largest absolute Gasteiger partial charge is 0.366 e. The Morgan fingerprint density at radius 2 is 2.42 bits per heavy atom. The molecule has 1 unspecified atom stereocenters. The van der Waals surface area contributed by atoms with Gasteiger partial charge in [-0.1, -0.05) is 13.0 Å². The van der Waals surface area contributed by atoms with E-state index in [-0.39, 0.29) is 0 Å². The van der Waals surface area contributed by atoms with Crippen molar-refractivity contribution < 1.29 is 0 Å². The summed E-state index contributed by atoms with van der Waals surface area (Å²) in [5.74, 6) is 1.51. The number of halogens is 1. The van der Waals surface area contributed by atoms with Crippen molar-refractivity contribution in [1.29, 1.82) is 0 Å². The van der Waals surface area contributed by atoms with Crippen LogP contribution in [-0.2, 0) is 0 Å². The van der Waals surface area contributed by atoms with Gasteiger partial charge in [-0.15, -0.1) is 11.6 Å². The first kappa shape index (κ1) is 9.33. The lowest BCUT2D eigenvalue weighted by molar-refractivity contribution is 0.765. The van der Waals surface area contributed by atoms with E-state index in [9.17, 15) is 0 Å². The molecule has 1 heterocycles. The molecular weight excluding hydrogens is 172 g/mol. The summed E-state index contributed by atoms with van der Waals surface area (Å²) in [4.78, 5) is 4.14. The second-order valence-corrected chi connectivity index (χ2v) is 2.93. The minimum atomic E-state index is 0.321. The number of pyridine rings is 1. The van der Waals surface area contributed by atoms with Gasteiger partial charge < -0.3 is 5.32 Å². The maximum absolute atomic E-state index is 5.73. The number of alkyl halides is 1. The highest BCUT2D eigenvalue weighted by molar-refractivity contribution is 6.18. The van der Waals surface area contributed by atoms with E-state index < -0.39 is 0 Å². The monoisotopic (exact) mass is 184 g/mol. The van der Waals surface area contributed by atoms with Crippen molar-refractivity contribution in [1.82, 2.24) is 4.98 Å². The first-order valence-corrected chi connectivity index (χ1v) is 4.63. The lowest BCUT2D eigenvalue weighted by Gasteiger charge is -2.13. The fourth-order valence-corrected chi connectivity index (χ4v) is 1.20. The topological polar surface area (TPSA) is 24.9 Å². The van der Waals surface area contributed by atoms with Gasteiger partial charge in [-0.3, -0.25) is 0 Å². The van der Waals surface area contributed by atoms with Crippen molar-refractivity contribution in [2.75, 3.05) is 11.2 Å². The maximum Gasteiger partial charge on any atom is 0.126 e. The molecule has 1 rings (SSSR count). The highest BCUT2D eigenvalue weighted by Crippen LogP contribution is 2.05. The third-order valence-corrected chi connectivity index (χ3v) is 2.07. The smallest absolute Gasteiger partial charge is 0.126 e. The first-order chi connectivity index (χ1) is 5.86. The van der Waals surface area contributed by atoms with E-state index in [1.165, 1.54) is 0 Å². The molecule has 0 aromatic carbocycles. The van der Waals surface area contributed by atoms with Gasteiger partial charge >= 0.3 is 0 Å². The van der Waals surface area contributed by atoms with E-state index in [1.54, 1.807) is 6.20 Å². The lowest BCUT2D eigenvalue weighted by Crippen LogP contribution is -2.20. The van der Waals surface area contributed by atoms with E-state index in [4.69, 9.17) is 11.6 Å². The molecule has 0 aliphatic heterocycles. The molecule has 1 atom stereocenters. The molecule has 0 saturated carbocycles. The summed E-state index contributed by atoms with van der Waals surface area (Å²) in [5.41, 5.74) is 0. The standard InChI is InChI=1S/C9H13ClN2/c1-2-8(7-10)12-9-5-3-4-6-11-9/h3-6,8H,2,7H2,1H3,(H,11,12). The Bertz CT molecular complexity index is 209. The summed E-state index contributed by atoms with van der Waals surface area (Å²) in [6.45, 7) is 2.10. The third-order valence-electron chi connectivity index (χ3n) is 1.70. The van der Waals surface area contributed by atoms with Crippen LogP contribution in [0.15, 0.2) is 24.4 Å². The van der Waals surface area contributed by atoms with E-state index in [0.717, 1.165) is 12.2 Å². The molecule has 1 aromatic heterocycles. The zero-order valence-electron chi connectivity index (χ0n) is 7.13. The van der Waals surface area contributed by atoms with Crippen LogP contribution in [0.3, 0.4) is 0 Å². The SMILES string of the molecule is CCC(CCl)Nc1ccccn1. The number of anilines is 1. The Morgan fingerprint density at radius 1 is 1.58 bits per heavy atom. The molecular formula is C9H13ClN2. The van der Waals surface area contributed by atoms with Crippen molar-refractivity contribution in [3.63, 3.8) is 0 Å². The number of nitrogens with zero attached hydrogens (tertiary/aromatic N) is 1. The third kappa shape index (κ3) is 2.70. The predicted molar refractivity (Wildman–Crippen MR) is 52.7 cm³/mol. The molecule has 12 heavy (non-hydrogen) atoms. The van der Waals surface area contributed by atoms with Gasteiger partial charge in [0.2, 0.25) is 0 Å². The molecule has 0 bridgehead atoms. The van der Waals surface area contributed by atoms with Gasteiger partial charge in [-0.2, -0.15) is 0 Å². The van der Waals surface area contributed by atoms with Crippen molar-refractivity contribution in [2.24, 2.45) is 0 Å². The summed E-state index contributed by atoms with van der Waals surface area (Å²) in [7, 11) is 0. The second kappa shape index (κ2) is 4.99. The van der Waals surface area contributed by atoms with Crippen LogP contribution < -0.4 is 5.32 Å². The minimum absolute atomic E-state index is 0.321. The van der Waals surface area contributed by atoms with Gasteiger partial charge in [0.1, 0.15) is 5.82 Å². The molecule has 0 aliphatic rings. The molecule has 0 spiro atoms. The fraction of sp³-hybridized carbons (Fsp3) is 0.444. The fourth-order valence-electron chi connectivity index (χ4n) is 0.907. The Morgan fingerprint density at radius 3 is 2.92 bits per heavy atom. The molecule has 0 amide bonds. The van der Waals surface area contributed by atoms with E-state index in [2.05, 4.69) is 17.2 Å². The zero-order chi connectivity index (χ0) is 8.81. The van der Waals surface area contributed by atoms with Crippen LogP contribution in [0.2, 0.25) is 0 Å². The van der Waals surface area contributed by atoms with Crippen molar-refractivity contribution in [3.05, 3.63) is 24.4 Å². The zero-order valence-corrected chi connectivity index (χ0v) is 7.88. The molecule has 3 heteroatoms. The van der Waals surface area contributed by atoms with Gasteiger partial charge in [0.25, 0.3) is 0 Å². The normalized spacial score (nSPS) is 12.5. The quantitative estimate of drug-likeness (QED) is 0.728. The summed E-state index contributed by atoms with van der Waals surface area (Å²) in [5, 5.41) is 3.24. The van der Waals surface area contributed by atoms with Gasteiger partial charge in [0.15, 0.2) is 0 Å². The number of hydrogen-bond acceptors (Lipinski definition) is 2. The van der Waals surface area contributed by atoms with Crippen LogP contribution in [0.1, 0.15) is 13.3 Å². The van der Waals surface area contributed by atoms with E-state index >= 15 is 0 Å². The Balaban J connectivity index is 2.51. The van der Waals surface area contributed by atoms with Crippen LogP contribution in [0.25, 0.3) is 0 Å². The maximum atomic E-state index is 5.73. The van der Waals surface area contributed by atoms with E-state index in [0.29, 0.717) is 11.9 Å². The Hall–Kier alpha value is -0.760. The molecule has 0 fully saturated rings. The van der Waals surface area contributed by atoms with Gasteiger partial charge in [-0.25, -0.2) is 4.98 Å². The van der Waals surface area contributed by atoms with Gasteiger partial charge in [0.05, 0.1) is 0 Å². The highest BCUT2D eigenvalue weighted by atomic mass is 35.5. The van der Waals surface area contributed by atoms with Gasteiger partial charge in [0, 0.05) is 18.1 Å². The van der Waals surface area contributed by atoms with E-state index in [1.807, 2.05) is 18.2 Å². The van der Waals surface area contributed by atoms with Crippen LogP contribution in [0.4, 0.5) is 5.82 Å². The molecule has 2 nitrogen and oxygen atoms in total. The predicted octanol–water partition coefficient (Wildman–Crippen LogP) is 2.51. The summed E-state index contributed by atoms with van der Waals surface area (Å²) >= 11 is 5.73. The molecule has 0 saturated heterocycles. The molecule has 1 aromatic rings. The van der Waals surface area contributed by atoms with Crippen molar-refractivity contribution in [3.8, 4) is 0 Å². The summed E-state index contributed by atoms with van der Waals surface area (Å²) in [6, 6.07) is 6.11. The summed E-state index contributed by atoms with van der Waals surface area (Å²) < 4.78 is 0. The lowest BCUT2D eigenvalue weighted by atomic mass is 10.2. The molecule has 0 radical (unpaired) electrons. The van der Waals surface area contributed by atoms with Crippen LogP contribution in [-0.4, -0.2) is 16.9 Å². The molecule has 0 aliphatic carbocycles. The number of rotatable bonds is 4. The van der Waals surface area contributed by atoms with Crippen LogP contribution in [0, 0.1) is 0 Å². The average molecular weight is 185 g/mol. The van der Waals surface area contributed by atoms with Gasteiger partial charge in [-0.05, 0) is 18.6 Å². The van der Waals surface area contributed by atoms with Crippen LogP contribution >= 0.6 is 11.6 Å². The Kier molecular flexibility index (Phi) is 3.88. The highest BCUT2D eigenvalue weighted by Gasteiger charge is 2.03. The van der Waals surface area contributed by atoms with Crippen LogP contribution in [0.5, 0.6) is 0 Å². The average Bonchev–Trinajstić information content (AvgIpc) is 2.16. The summed E-state index contributed by atoms with van der Waals surface area (Å²) in [6.07, 6.45) is 2.78. The molecule has 66 valence electrons. The minimum Gasteiger partial charge on any atom is -0.366 e. The van der Waals surface area contributed by atoms with Crippen molar-refractivity contribution >= 4 is 17.4 Å². The van der Waals surface area contributed by atoms with Crippen molar-refractivity contribution in [2.45, 2.75) is 19.4 Å². The second-order valence-electron chi connectivity index (χ2n) is 2.62. The number of aromatic nitrogens is 1. The first-order valence-electron chi connectivity index (χ1n) is 4.10. The Labute approximate surface area is 78.0 Å². The number of nitrogens with one attached hydrogen (secondary N) is 1. The molecule has 1 N–H and O–H groups in total. The number of hydrogen-bond donors (Lipinski definition) is 1.